The molecular formula is C9H11BN2O6. The molecule has 96 valence electrons. The summed E-state index contributed by atoms with van der Waals surface area (Å²) >= 11 is 0. The van der Waals surface area contributed by atoms with Crippen LogP contribution in [-0.2, 0) is 0 Å². The molecule has 0 aliphatic heterocycles. The summed E-state index contributed by atoms with van der Waals surface area (Å²) in [4.78, 5) is 20.0. The molecule has 0 heterocycles. The van der Waals surface area contributed by atoms with Gasteiger partial charge in [0.2, 0.25) is 0 Å². The van der Waals surface area contributed by atoms with E-state index in [0.717, 1.165) is 12.1 Å². The number of hydrogen-bond acceptors (Lipinski definition) is 6. The molecule has 8 nitrogen and oxygen atoms in total. The fourth-order valence-corrected chi connectivity index (χ4v) is 1.78. The van der Waals surface area contributed by atoms with Crippen LogP contribution >= 0.6 is 0 Å². The van der Waals surface area contributed by atoms with Gasteiger partial charge >= 0.3 is 18.5 Å². The number of nitrogens with zero attached hydrogens (tertiary/aromatic N) is 2. The Bertz CT molecular complexity index is 502. The van der Waals surface area contributed by atoms with Gasteiger partial charge in [-0.15, -0.1) is 0 Å². The van der Waals surface area contributed by atoms with Gasteiger partial charge in [-0.25, -0.2) is 0 Å². The number of nitro groups is 2. The van der Waals surface area contributed by atoms with Crippen LogP contribution in [-0.4, -0.2) is 27.0 Å². The molecular weight excluding hydrogens is 243 g/mol. The minimum atomic E-state index is -1.91. The van der Waals surface area contributed by atoms with Gasteiger partial charge in [-0.05, 0) is 11.4 Å². The lowest BCUT2D eigenvalue weighted by molar-refractivity contribution is -0.423. The maximum atomic E-state index is 11.0. The van der Waals surface area contributed by atoms with E-state index in [1.165, 1.54) is 0 Å². The summed E-state index contributed by atoms with van der Waals surface area (Å²) < 4.78 is 0. The van der Waals surface area contributed by atoms with Gasteiger partial charge in [0.1, 0.15) is 0 Å². The van der Waals surface area contributed by atoms with Gasteiger partial charge in [0.25, 0.3) is 0 Å². The summed E-state index contributed by atoms with van der Waals surface area (Å²) in [6.45, 7) is 3.16. The molecule has 0 unspecified atom stereocenters. The van der Waals surface area contributed by atoms with Crippen LogP contribution in [0.1, 0.15) is 25.3 Å². The van der Waals surface area contributed by atoms with E-state index in [-0.39, 0.29) is 11.0 Å². The molecule has 0 amide bonds. The summed E-state index contributed by atoms with van der Waals surface area (Å²) in [5.41, 5.74) is -1.49. The molecule has 1 aromatic rings. The zero-order valence-corrected chi connectivity index (χ0v) is 9.73. The van der Waals surface area contributed by atoms with Crippen LogP contribution < -0.4 is 5.46 Å². The summed E-state index contributed by atoms with van der Waals surface area (Å²) in [6, 6.07) is 2.02. The predicted molar refractivity (Wildman–Crippen MR) is 63.7 cm³/mol. The second kappa shape index (κ2) is 5.11. The van der Waals surface area contributed by atoms with Crippen LogP contribution in [0.15, 0.2) is 12.1 Å². The van der Waals surface area contributed by atoms with Crippen LogP contribution in [0.2, 0.25) is 0 Å². The third kappa shape index (κ3) is 2.46. The Balaban J connectivity index is 3.71. The van der Waals surface area contributed by atoms with E-state index >= 15 is 0 Å². The lowest BCUT2D eigenvalue weighted by atomic mass is 9.73. The van der Waals surface area contributed by atoms with Crippen molar-refractivity contribution in [1.82, 2.24) is 0 Å². The van der Waals surface area contributed by atoms with E-state index in [1.807, 2.05) is 0 Å². The van der Waals surface area contributed by atoms with Gasteiger partial charge in [0.05, 0.1) is 9.85 Å². The molecule has 2 N–H and O–H groups in total. The molecule has 1 aromatic carbocycles. The van der Waals surface area contributed by atoms with Crippen molar-refractivity contribution in [3.8, 4) is 0 Å². The highest BCUT2D eigenvalue weighted by Gasteiger charge is 2.34. The summed E-state index contributed by atoms with van der Waals surface area (Å²) in [7, 11) is -1.91. The normalized spacial score (nSPS) is 10.5. The Morgan fingerprint density at radius 2 is 1.72 bits per heavy atom. The maximum Gasteiger partial charge on any atom is 0.488 e. The van der Waals surface area contributed by atoms with E-state index in [9.17, 15) is 20.2 Å². The summed E-state index contributed by atoms with van der Waals surface area (Å²) in [5.74, 6) is -0.456. The van der Waals surface area contributed by atoms with Crippen molar-refractivity contribution >= 4 is 24.0 Å². The SMILES string of the molecule is CC(C)c1c(B(O)O)ccc([N+](=O)[O-])c1[N+](=O)[O-]. The maximum absolute atomic E-state index is 11.0. The minimum Gasteiger partial charge on any atom is -0.423 e. The molecule has 0 spiro atoms. The molecule has 0 aromatic heterocycles. The first kappa shape index (κ1) is 14.1. The molecule has 0 saturated carbocycles. The van der Waals surface area contributed by atoms with E-state index < -0.39 is 34.3 Å². The topological polar surface area (TPSA) is 127 Å². The number of benzene rings is 1. The fraction of sp³-hybridized carbons (Fsp3) is 0.333. The molecule has 9 heteroatoms. The lowest BCUT2D eigenvalue weighted by Gasteiger charge is -2.12. The van der Waals surface area contributed by atoms with Gasteiger partial charge < -0.3 is 10.0 Å². The average molecular weight is 254 g/mol. The number of nitro benzene ring substituents is 2. The zero-order valence-electron chi connectivity index (χ0n) is 9.73. The van der Waals surface area contributed by atoms with Crippen LogP contribution in [0.5, 0.6) is 0 Å². The monoisotopic (exact) mass is 254 g/mol. The highest BCUT2D eigenvalue weighted by Crippen LogP contribution is 2.33. The quantitative estimate of drug-likeness (QED) is 0.452. The van der Waals surface area contributed by atoms with Crippen molar-refractivity contribution in [2.24, 2.45) is 0 Å². The van der Waals surface area contributed by atoms with Crippen LogP contribution in [0.3, 0.4) is 0 Å². The van der Waals surface area contributed by atoms with Gasteiger partial charge in [-0.2, -0.15) is 0 Å². The molecule has 1 rings (SSSR count). The van der Waals surface area contributed by atoms with Crippen molar-refractivity contribution in [3.63, 3.8) is 0 Å². The van der Waals surface area contributed by atoms with E-state index in [2.05, 4.69) is 0 Å². The Hall–Kier alpha value is -2.00. The van der Waals surface area contributed by atoms with Gasteiger partial charge in [-0.1, -0.05) is 19.9 Å². The second-order valence-electron chi connectivity index (χ2n) is 3.98. The highest BCUT2D eigenvalue weighted by atomic mass is 16.6. The smallest absolute Gasteiger partial charge is 0.423 e. The Kier molecular flexibility index (Phi) is 3.99. The van der Waals surface area contributed by atoms with Crippen molar-refractivity contribution < 1.29 is 19.9 Å². The molecule has 18 heavy (non-hydrogen) atoms. The van der Waals surface area contributed by atoms with Gasteiger partial charge in [-0.3, -0.25) is 20.2 Å². The summed E-state index contributed by atoms with van der Waals surface area (Å²) in [6.07, 6.45) is 0. The molecule has 0 aliphatic rings. The first-order valence-electron chi connectivity index (χ1n) is 5.09. The van der Waals surface area contributed by atoms with Gasteiger partial charge in [0.15, 0.2) is 0 Å². The number of rotatable bonds is 4. The van der Waals surface area contributed by atoms with Crippen LogP contribution in [0.4, 0.5) is 11.4 Å². The van der Waals surface area contributed by atoms with Crippen molar-refractivity contribution in [2.45, 2.75) is 19.8 Å². The molecule has 0 bridgehead atoms. The van der Waals surface area contributed by atoms with E-state index in [1.54, 1.807) is 13.8 Å². The fourth-order valence-electron chi connectivity index (χ4n) is 1.78. The summed E-state index contributed by atoms with van der Waals surface area (Å²) in [5, 5.41) is 40.0. The number of hydrogen-bond donors (Lipinski definition) is 2. The van der Waals surface area contributed by atoms with Crippen molar-refractivity contribution in [3.05, 3.63) is 37.9 Å². The van der Waals surface area contributed by atoms with E-state index in [0.29, 0.717) is 0 Å². The average Bonchev–Trinajstić information content (AvgIpc) is 2.26. The predicted octanol–water partition coefficient (Wildman–Crippen LogP) is 0.306. The van der Waals surface area contributed by atoms with Crippen molar-refractivity contribution in [1.29, 1.82) is 0 Å². The molecule has 0 atom stereocenters. The molecule has 0 radical (unpaired) electrons. The van der Waals surface area contributed by atoms with Crippen LogP contribution in [0.25, 0.3) is 0 Å². The molecule has 0 aliphatic carbocycles. The third-order valence-electron chi connectivity index (χ3n) is 2.46. The second-order valence-corrected chi connectivity index (χ2v) is 3.98. The first-order chi connectivity index (χ1) is 8.27. The minimum absolute atomic E-state index is 0.0378. The Morgan fingerprint density at radius 3 is 2.06 bits per heavy atom. The highest BCUT2D eigenvalue weighted by molar-refractivity contribution is 6.59. The van der Waals surface area contributed by atoms with E-state index in [4.69, 9.17) is 10.0 Å². The van der Waals surface area contributed by atoms with Crippen LogP contribution in [0, 0.1) is 20.2 Å². The molecule has 0 fully saturated rings. The largest absolute Gasteiger partial charge is 0.488 e. The Morgan fingerprint density at radius 1 is 1.17 bits per heavy atom. The zero-order chi connectivity index (χ0) is 14.0. The van der Waals surface area contributed by atoms with Gasteiger partial charge in [0, 0.05) is 11.6 Å². The lowest BCUT2D eigenvalue weighted by Crippen LogP contribution is -2.34. The molecule has 0 saturated heterocycles. The Labute approximate surface area is 102 Å². The first-order valence-corrected chi connectivity index (χ1v) is 5.09. The van der Waals surface area contributed by atoms with Crippen molar-refractivity contribution in [2.75, 3.05) is 0 Å². The third-order valence-corrected chi connectivity index (χ3v) is 2.46. The standard InChI is InChI=1S/C9H11BN2O6/c1-5(2)8-6(10(13)14)3-4-7(11(15)16)9(8)12(17)18/h3-5,13-14H,1-2H3.